The van der Waals surface area contributed by atoms with E-state index in [0.29, 0.717) is 17.8 Å². The fourth-order valence-electron chi connectivity index (χ4n) is 4.68. The predicted molar refractivity (Wildman–Crippen MR) is 48.2 cm³/mol. The number of carboxylic acid groups (broad SMARTS) is 1. The lowest BCUT2D eigenvalue weighted by Gasteiger charge is -2.32. The molecular formula is C11H16O2. The lowest BCUT2D eigenvalue weighted by atomic mass is 9.72. The van der Waals surface area contributed by atoms with Gasteiger partial charge in [0, 0.05) is 0 Å². The molecular weight excluding hydrogens is 164 g/mol. The third-order valence-corrected chi connectivity index (χ3v) is 5.64. The van der Waals surface area contributed by atoms with Crippen molar-refractivity contribution in [2.45, 2.75) is 33.1 Å². The van der Waals surface area contributed by atoms with Crippen molar-refractivity contribution in [1.82, 2.24) is 0 Å². The van der Waals surface area contributed by atoms with E-state index in [1.807, 2.05) is 0 Å². The Morgan fingerprint density at radius 2 is 1.92 bits per heavy atom. The van der Waals surface area contributed by atoms with E-state index in [0.717, 1.165) is 11.8 Å². The molecule has 4 rings (SSSR count). The molecule has 0 amide bonds. The van der Waals surface area contributed by atoms with Gasteiger partial charge in [-0.25, -0.2) is 0 Å². The SMILES string of the molecule is CC12[C@@H]3CC(C[C@@H]31)[C@]2(C)CC(=O)O. The fourth-order valence-corrected chi connectivity index (χ4v) is 4.68. The molecule has 13 heavy (non-hydrogen) atoms. The number of rotatable bonds is 2. The predicted octanol–water partition coefficient (Wildman–Crippen LogP) is 2.14. The van der Waals surface area contributed by atoms with Gasteiger partial charge in [0.15, 0.2) is 0 Å². The zero-order valence-corrected chi connectivity index (χ0v) is 8.21. The van der Waals surface area contributed by atoms with Gasteiger partial charge >= 0.3 is 5.97 Å². The number of aliphatic carboxylic acids is 1. The van der Waals surface area contributed by atoms with Crippen LogP contribution in [0.25, 0.3) is 0 Å². The van der Waals surface area contributed by atoms with Crippen LogP contribution in [0.2, 0.25) is 0 Å². The monoisotopic (exact) mass is 180 g/mol. The van der Waals surface area contributed by atoms with Crippen molar-refractivity contribution >= 4 is 5.97 Å². The van der Waals surface area contributed by atoms with E-state index in [-0.39, 0.29) is 5.41 Å². The summed E-state index contributed by atoms with van der Waals surface area (Å²) in [6, 6.07) is 0. The van der Waals surface area contributed by atoms with E-state index in [2.05, 4.69) is 13.8 Å². The number of carboxylic acids is 1. The maximum atomic E-state index is 10.8. The minimum absolute atomic E-state index is 0.119. The normalized spacial score (nSPS) is 61.2. The van der Waals surface area contributed by atoms with Crippen LogP contribution >= 0.6 is 0 Å². The summed E-state index contributed by atoms with van der Waals surface area (Å²) in [5.74, 6) is 1.86. The van der Waals surface area contributed by atoms with Gasteiger partial charge in [-0.15, -0.1) is 0 Å². The van der Waals surface area contributed by atoms with Crippen LogP contribution in [-0.2, 0) is 4.79 Å². The van der Waals surface area contributed by atoms with Crippen molar-refractivity contribution in [3.63, 3.8) is 0 Å². The molecule has 2 heteroatoms. The number of hydrogen-bond acceptors (Lipinski definition) is 1. The lowest BCUT2D eigenvalue weighted by molar-refractivity contribution is -0.140. The molecule has 4 saturated carbocycles. The summed E-state index contributed by atoms with van der Waals surface area (Å²) >= 11 is 0. The van der Waals surface area contributed by atoms with Crippen molar-refractivity contribution < 1.29 is 9.90 Å². The Bertz CT molecular complexity index is 284. The molecule has 72 valence electrons. The first-order valence-corrected chi connectivity index (χ1v) is 5.22. The summed E-state index contributed by atoms with van der Waals surface area (Å²) < 4.78 is 0. The summed E-state index contributed by atoms with van der Waals surface area (Å²) in [6.07, 6.45) is 3.01. The minimum atomic E-state index is -0.609. The van der Waals surface area contributed by atoms with Crippen LogP contribution in [0.15, 0.2) is 0 Å². The van der Waals surface area contributed by atoms with Crippen molar-refractivity contribution in [3.8, 4) is 0 Å². The highest BCUT2D eigenvalue weighted by Crippen LogP contribution is 2.86. The Morgan fingerprint density at radius 3 is 2.23 bits per heavy atom. The number of carbonyl (C=O) groups is 1. The highest BCUT2D eigenvalue weighted by molar-refractivity contribution is 5.68. The summed E-state index contributed by atoms with van der Waals surface area (Å²) in [5, 5.41) is 8.93. The van der Waals surface area contributed by atoms with E-state index < -0.39 is 5.97 Å². The Morgan fingerprint density at radius 1 is 1.38 bits per heavy atom. The average Bonchev–Trinajstić information content (AvgIpc) is 2.41. The van der Waals surface area contributed by atoms with Crippen molar-refractivity contribution in [2.24, 2.45) is 28.6 Å². The first-order valence-electron chi connectivity index (χ1n) is 5.22. The first kappa shape index (κ1) is 7.84. The Labute approximate surface area is 78.3 Å². The van der Waals surface area contributed by atoms with Gasteiger partial charge in [0.1, 0.15) is 0 Å². The van der Waals surface area contributed by atoms with E-state index in [1.165, 1.54) is 12.8 Å². The molecule has 0 aromatic rings. The molecule has 0 radical (unpaired) electrons. The maximum absolute atomic E-state index is 10.8. The highest BCUT2D eigenvalue weighted by atomic mass is 16.4. The van der Waals surface area contributed by atoms with Crippen molar-refractivity contribution in [1.29, 1.82) is 0 Å². The largest absolute Gasteiger partial charge is 0.481 e. The molecule has 0 aromatic carbocycles. The molecule has 0 heterocycles. The number of hydrogen-bond donors (Lipinski definition) is 1. The van der Waals surface area contributed by atoms with Crippen LogP contribution in [0, 0.1) is 28.6 Å². The zero-order chi connectivity index (χ0) is 9.43. The molecule has 0 spiro atoms. The smallest absolute Gasteiger partial charge is 0.303 e. The average molecular weight is 180 g/mol. The van der Waals surface area contributed by atoms with Gasteiger partial charge in [-0.05, 0) is 41.4 Å². The maximum Gasteiger partial charge on any atom is 0.303 e. The molecule has 4 bridgehead atoms. The van der Waals surface area contributed by atoms with Crippen molar-refractivity contribution in [2.75, 3.05) is 0 Å². The Kier molecular flexibility index (Phi) is 1.08. The van der Waals surface area contributed by atoms with E-state index in [4.69, 9.17) is 5.11 Å². The topological polar surface area (TPSA) is 37.3 Å². The Hall–Kier alpha value is -0.530. The molecule has 2 unspecified atom stereocenters. The van der Waals surface area contributed by atoms with Gasteiger partial charge in [0.25, 0.3) is 0 Å². The van der Waals surface area contributed by atoms with Gasteiger partial charge in [-0.1, -0.05) is 13.8 Å². The van der Waals surface area contributed by atoms with Gasteiger partial charge in [-0.3, -0.25) is 4.79 Å². The van der Waals surface area contributed by atoms with Crippen LogP contribution in [-0.4, -0.2) is 11.1 Å². The van der Waals surface area contributed by atoms with Crippen LogP contribution in [0.5, 0.6) is 0 Å². The molecule has 0 aromatic heterocycles. The Balaban J connectivity index is 1.96. The van der Waals surface area contributed by atoms with Crippen LogP contribution < -0.4 is 0 Å². The molecule has 0 saturated heterocycles. The van der Waals surface area contributed by atoms with E-state index >= 15 is 0 Å². The molecule has 4 aliphatic carbocycles. The highest BCUT2D eigenvalue weighted by Gasteiger charge is 2.81. The second kappa shape index (κ2) is 1.79. The fraction of sp³-hybridized carbons (Fsp3) is 0.909. The molecule has 1 N–H and O–H groups in total. The van der Waals surface area contributed by atoms with Gasteiger partial charge in [0.2, 0.25) is 0 Å². The minimum Gasteiger partial charge on any atom is -0.481 e. The van der Waals surface area contributed by atoms with Crippen LogP contribution in [0.4, 0.5) is 0 Å². The second-order valence-electron chi connectivity index (χ2n) is 5.65. The standard InChI is InChI=1S/C11H16O2/c1-10(5-9(12)13)6-3-7-8(4-6)11(7,10)2/h6-8H,3-5H2,1-2H3,(H,12,13)/t6?,7-,8+,10-,11?/m0/s1. The van der Waals surface area contributed by atoms with E-state index in [1.54, 1.807) is 0 Å². The summed E-state index contributed by atoms with van der Waals surface area (Å²) in [5.41, 5.74) is 0.518. The van der Waals surface area contributed by atoms with Crippen molar-refractivity contribution in [3.05, 3.63) is 0 Å². The summed E-state index contributed by atoms with van der Waals surface area (Å²) in [7, 11) is 0. The van der Waals surface area contributed by atoms with Gasteiger partial charge in [0.05, 0.1) is 6.42 Å². The molecule has 2 nitrogen and oxygen atoms in total. The first-order chi connectivity index (χ1) is 6.00. The summed E-state index contributed by atoms with van der Waals surface area (Å²) in [6.45, 7) is 4.52. The third kappa shape index (κ3) is 0.598. The molecule has 4 fully saturated rings. The molecule has 5 atom stereocenters. The second-order valence-corrected chi connectivity index (χ2v) is 5.65. The van der Waals surface area contributed by atoms with E-state index in [9.17, 15) is 4.79 Å². The quantitative estimate of drug-likeness (QED) is 0.707. The summed E-state index contributed by atoms with van der Waals surface area (Å²) in [4.78, 5) is 10.8. The van der Waals surface area contributed by atoms with Gasteiger partial charge in [-0.2, -0.15) is 0 Å². The van der Waals surface area contributed by atoms with Crippen LogP contribution in [0.1, 0.15) is 33.1 Å². The molecule has 0 aliphatic heterocycles. The third-order valence-electron chi connectivity index (χ3n) is 5.64. The zero-order valence-electron chi connectivity index (χ0n) is 8.21. The molecule has 4 aliphatic rings. The van der Waals surface area contributed by atoms with Crippen LogP contribution in [0.3, 0.4) is 0 Å². The van der Waals surface area contributed by atoms with Gasteiger partial charge < -0.3 is 5.11 Å². The lowest BCUT2D eigenvalue weighted by Crippen LogP contribution is -2.30.